The number of nitrogens with one attached hydrogen (secondary N) is 1. The van der Waals surface area contributed by atoms with Crippen molar-refractivity contribution in [2.45, 2.75) is 58.0 Å². The third-order valence-electron chi connectivity index (χ3n) is 7.23. The standard InChI is InChI=1S/C34H40FNO3/c1-25-31-24-30(38)18-19-32(31)39-34(33(25)28-12-9-13-29(37)23-28)27-16-14-26(15-17-27)11-10-22-36-21-8-6-4-2-3-5-7-20-35/h9-19,23-24,34,36-38H,2-8,20-22H2,1H3/b11-10-. The maximum absolute atomic E-state index is 12.1. The molecule has 1 aliphatic rings. The van der Waals surface area contributed by atoms with Crippen molar-refractivity contribution in [3.63, 3.8) is 0 Å². The van der Waals surface area contributed by atoms with Gasteiger partial charge in [-0.25, -0.2) is 0 Å². The lowest BCUT2D eigenvalue weighted by molar-refractivity contribution is 0.259. The molecule has 3 aromatic carbocycles. The van der Waals surface area contributed by atoms with Crippen molar-refractivity contribution >= 4 is 17.2 Å². The number of halogens is 1. The normalized spacial score (nSPS) is 15.0. The second-order valence-electron chi connectivity index (χ2n) is 10.2. The number of hydrogen-bond acceptors (Lipinski definition) is 4. The van der Waals surface area contributed by atoms with Gasteiger partial charge in [0.1, 0.15) is 23.4 Å². The van der Waals surface area contributed by atoms with E-state index in [2.05, 4.69) is 41.7 Å². The van der Waals surface area contributed by atoms with Crippen LogP contribution >= 0.6 is 0 Å². The Morgan fingerprint density at radius 1 is 0.846 bits per heavy atom. The van der Waals surface area contributed by atoms with Gasteiger partial charge >= 0.3 is 0 Å². The molecule has 1 aliphatic heterocycles. The summed E-state index contributed by atoms with van der Waals surface area (Å²) in [4.78, 5) is 0. The lowest BCUT2D eigenvalue weighted by atomic mass is 9.86. The van der Waals surface area contributed by atoms with Crippen LogP contribution in [0, 0.1) is 0 Å². The Balaban J connectivity index is 1.36. The third-order valence-corrected chi connectivity index (χ3v) is 7.23. The SMILES string of the molecule is CC1=C(c2cccc(O)c2)C(c2ccc(/C=C\CNCCCCCCCCCF)cc2)Oc2ccc(O)cc21. The van der Waals surface area contributed by atoms with Gasteiger partial charge in [0.05, 0.1) is 6.67 Å². The predicted molar refractivity (Wildman–Crippen MR) is 159 cm³/mol. The molecule has 4 rings (SSSR count). The number of hydrogen-bond donors (Lipinski definition) is 3. The number of alkyl halides is 1. The van der Waals surface area contributed by atoms with Crippen LogP contribution in [-0.4, -0.2) is 30.0 Å². The van der Waals surface area contributed by atoms with Gasteiger partial charge in [-0.2, -0.15) is 0 Å². The Hall–Kier alpha value is -3.57. The lowest BCUT2D eigenvalue weighted by Gasteiger charge is -2.31. The summed E-state index contributed by atoms with van der Waals surface area (Å²) in [5, 5.41) is 23.7. The first-order valence-corrected chi connectivity index (χ1v) is 14.1. The maximum atomic E-state index is 12.1. The fourth-order valence-corrected chi connectivity index (χ4v) is 5.11. The molecule has 3 aromatic rings. The van der Waals surface area contributed by atoms with E-state index in [9.17, 15) is 14.6 Å². The van der Waals surface area contributed by atoms with Crippen LogP contribution in [0.2, 0.25) is 0 Å². The molecule has 0 bridgehead atoms. The number of ether oxygens (including phenoxy) is 1. The molecular formula is C34H40FNO3. The summed E-state index contributed by atoms with van der Waals surface area (Å²) in [5.41, 5.74) is 5.86. The van der Waals surface area contributed by atoms with Crippen LogP contribution in [0.25, 0.3) is 17.2 Å². The fourth-order valence-electron chi connectivity index (χ4n) is 5.11. The van der Waals surface area contributed by atoms with Crippen LogP contribution < -0.4 is 10.1 Å². The molecule has 4 nitrogen and oxygen atoms in total. The average Bonchev–Trinajstić information content (AvgIpc) is 2.94. The van der Waals surface area contributed by atoms with Gasteiger partial charge in [-0.3, -0.25) is 4.39 Å². The van der Waals surface area contributed by atoms with E-state index < -0.39 is 0 Å². The van der Waals surface area contributed by atoms with Gasteiger partial charge in [0.15, 0.2) is 0 Å². The molecular weight excluding hydrogens is 489 g/mol. The number of phenols is 2. The molecule has 206 valence electrons. The molecule has 0 saturated heterocycles. The summed E-state index contributed by atoms with van der Waals surface area (Å²) >= 11 is 0. The number of rotatable bonds is 14. The number of benzene rings is 3. The van der Waals surface area contributed by atoms with Crippen LogP contribution in [0.5, 0.6) is 17.2 Å². The smallest absolute Gasteiger partial charge is 0.150 e. The van der Waals surface area contributed by atoms with Gasteiger partial charge in [-0.1, -0.05) is 80.7 Å². The van der Waals surface area contributed by atoms with Gasteiger partial charge < -0.3 is 20.3 Å². The summed E-state index contributed by atoms with van der Waals surface area (Å²) < 4.78 is 18.6. The Morgan fingerprint density at radius 3 is 2.31 bits per heavy atom. The van der Waals surface area contributed by atoms with E-state index in [1.165, 1.54) is 25.7 Å². The Bertz CT molecular complexity index is 1270. The minimum absolute atomic E-state index is 0.184. The first-order chi connectivity index (χ1) is 19.1. The predicted octanol–water partition coefficient (Wildman–Crippen LogP) is 8.47. The molecule has 39 heavy (non-hydrogen) atoms. The number of fused-ring (bicyclic) bond motifs is 1. The molecule has 1 heterocycles. The van der Waals surface area contributed by atoms with Gasteiger partial charge in [0.2, 0.25) is 0 Å². The molecule has 0 radical (unpaired) electrons. The van der Waals surface area contributed by atoms with Crippen LogP contribution in [0.3, 0.4) is 0 Å². The summed E-state index contributed by atoms with van der Waals surface area (Å²) in [7, 11) is 0. The maximum Gasteiger partial charge on any atom is 0.150 e. The molecule has 1 atom stereocenters. The zero-order chi connectivity index (χ0) is 27.5. The molecule has 0 amide bonds. The summed E-state index contributed by atoms with van der Waals surface area (Å²) in [6, 6.07) is 20.8. The molecule has 3 N–H and O–H groups in total. The largest absolute Gasteiger partial charge is 0.508 e. The summed E-state index contributed by atoms with van der Waals surface area (Å²) in [6.45, 7) is 3.69. The van der Waals surface area contributed by atoms with E-state index in [1.807, 2.05) is 19.1 Å². The van der Waals surface area contributed by atoms with Crippen molar-refractivity contribution in [3.05, 3.63) is 95.1 Å². The van der Waals surface area contributed by atoms with Gasteiger partial charge in [0, 0.05) is 17.7 Å². The van der Waals surface area contributed by atoms with Gasteiger partial charge in [-0.05, 0) is 78.9 Å². The van der Waals surface area contributed by atoms with Crippen molar-refractivity contribution in [2.24, 2.45) is 0 Å². The van der Waals surface area contributed by atoms with Crippen LogP contribution in [-0.2, 0) is 0 Å². The quantitative estimate of drug-likeness (QED) is 0.183. The van der Waals surface area contributed by atoms with E-state index in [-0.39, 0.29) is 24.3 Å². The number of phenolic OH excluding ortho intramolecular Hbond substituents is 2. The van der Waals surface area contributed by atoms with E-state index in [4.69, 9.17) is 4.74 Å². The van der Waals surface area contributed by atoms with E-state index in [0.29, 0.717) is 6.42 Å². The second kappa shape index (κ2) is 14.5. The Kier molecular flexibility index (Phi) is 10.6. The van der Waals surface area contributed by atoms with Crippen molar-refractivity contribution < 1.29 is 19.3 Å². The minimum Gasteiger partial charge on any atom is -0.508 e. The highest BCUT2D eigenvalue weighted by atomic mass is 19.1. The molecule has 1 unspecified atom stereocenters. The number of unbranched alkanes of at least 4 members (excludes halogenated alkanes) is 6. The van der Waals surface area contributed by atoms with Crippen molar-refractivity contribution in [3.8, 4) is 17.2 Å². The van der Waals surface area contributed by atoms with Gasteiger partial charge in [-0.15, -0.1) is 0 Å². The summed E-state index contributed by atoms with van der Waals surface area (Å²) in [5.74, 6) is 1.12. The number of allylic oxidation sites excluding steroid dienone is 1. The Labute approximate surface area is 231 Å². The first-order valence-electron chi connectivity index (χ1n) is 14.1. The highest BCUT2D eigenvalue weighted by Gasteiger charge is 2.29. The van der Waals surface area contributed by atoms with E-state index >= 15 is 0 Å². The first kappa shape index (κ1) is 28.4. The second-order valence-corrected chi connectivity index (χ2v) is 10.2. The van der Waals surface area contributed by atoms with Crippen molar-refractivity contribution in [1.82, 2.24) is 5.32 Å². The van der Waals surface area contributed by atoms with Crippen LogP contribution in [0.15, 0.2) is 72.8 Å². The fraction of sp³-hybridized carbons (Fsp3) is 0.353. The molecule has 0 fully saturated rings. The molecule has 0 spiro atoms. The highest BCUT2D eigenvalue weighted by Crippen LogP contribution is 2.47. The topological polar surface area (TPSA) is 61.7 Å². The Morgan fingerprint density at radius 2 is 1.56 bits per heavy atom. The zero-order valence-electron chi connectivity index (χ0n) is 22.8. The van der Waals surface area contributed by atoms with E-state index in [0.717, 1.165) is 65.1 Å². The highest BCUT2D eigenvalue weighted by molar-refractivity contribution is 5.95. The van der Waals surface area contributed by atoms with Crippen molar-refractivity contribution in [1.29, 1.82) is 0 Å². The lowest BCUT2D eigenvalue weighted by Crippen LogP contribution is -2.16. The van der Waals surface area contributed by atoms with Crippen LogP contribution in [0.4, 0.5) is 4.39 Å². The summed E-state index contributed by atoms with van der Waals surface area (Å²) in [6.07, 6.45) is 11.6. The molecule has 0 aromatic heterocycles. The average molecular weight is 530 g/mol. The van der Waals surface area contributed by atoms with E-state index in [1.54, 1.807) is 30.3 Å². The third kappa shape index (κ3) is 7.96. The molecule has 5 heteroatoms. The molecule has 0 saturated carbocycles. The monoisotopic (exact) mass is 529 g/mol. The van der Waals surface area contributed by atoms with Crippen LogP contribution in [0.1, 0.15) is 80.2 Å². The number of aromatic hydroxyl groups is 2. The minimum atomic E-state index is -0.341. The van der Waals surface area contributed by atoms with Crippen molar-refractivity contribution in [2.75, 3.05) is 19.8 Å². The van der Waals surface area contributed by atoms with Gasteiger partial charge in [0.25, 0.3) is 0 Å². The zero-order valence-corrected chi connectivity index (χ0v) is 22.8. The molecule has 0 aliphatic carbocycles.